The molecule has 0 spiro atoms. The Bertz CT molecular complexity index is 519. The first-order chi connectivity index (χ1) is 10.6. The van der Waals surface area contributed by atoms with Crippen molar-refractivity contribution in [3.63, 3.8) is 0 Å². The van der Waals surface area contributed by atoms with Crippen LogP contribution in [0.5, 0.6) is 0 Å². The largest absolute Gasteiger partial charge is 0.390 e. The highest BCUT2D eigenvalue weighted by molar-refractivity contribution is 5.90. The maximum Gasteiger partial charge on any atom is 0.171 e. The number of rotatable bonds is 0. The van der Waals surface area contributed by atoms with E-state index in [0.717, 1.165) is 30.4 Å². The zero-order valence-electron chi connectivity index (χ0n) is 14.5. The zero-order chi connectivity index (χ0) is 17.4. The number of fused-ring (bicyclic) bond motifs is 2. The van der Waals surface area contributed by atoms with E-state index in [1.807, 2.05) is 13.8 Å². The number of ketones is 1. The number of allylic oxidation sites excluding steroid dienone is 1. The summed E-state index contributed by atoms with van der Waals surface area (Å²) in [6, 6.07) is 0. The lowest BCUT2D eigenvalue weighted by atomic mass is 9.55. The smallest absolute Gasteiger partial charge is 0.171 e. The lowest BCUT2D eigenvalue weighted by Gasteiger charge is -2.53. The van der Waals surface area contributed by atoms with Crippen LogP contribution in [0.1, 0.15) is 59.3 Å². The molecule has 4 heteroatoms. The summed E-state index contributed by atoms with van der Waals surface area (Å²) in [7, 11) is 0. The molecule has 0 aliphatic heterocycles. The number of aliphatic hydroxyl groups excluding tert-OH is 2. The van der Waals surface area contributed by atoms with Crippen LogP contribution in [-0.4, -0.2) is 38.9 Å². The van der Waals surface area contributed by atoms with Crippen molar-refractivity contribution in [2.75, 3.05) is 0 Å². The Balaban J connectivity index is 2.44. The van der Waals surface area contributed by atoms with Gasteiger partial charge >= 0.3 is 0 Å². The molecular formula is C19H30O4. The van der Waals surface area contributed by atoms with Crippen molar-refractivity contribution in [3.8, 4) is 0 Å². The number of carbonyl (C=O) groups is 1. The van der Waals surface area contributed by atoms with Crippen LogP contribution >= 0.6 is 0 Å². The van der Waals surface area contributed by atoms with Gasteiger partial charge in [0.2, 0.25) is 0 Å². The Hall–Kier alpha value is -0.970. The van der Waals surface area contributed by atoms with Crippen molar-refractivity contribution >= 4 is 5.78 Å². The first kappa shape index (κ1) is 18.4. The molecule has 0 radical (unpaired) electrons. The predicted octanol–water partition coefficient (Wildman–Crippen LogP) is 2.52. The molecule has 4 atom stereocenters. The van der Waals surface area contributed by atoms with Crippen molar-refractivity contribution in [2.24, 2.45) is 11.3 Å². The summed E-state index contributed by atoms with van der Waals surface area (Å²) >= 11 is 0. The quantitative estimate of drug-likeness (QED) is 0.599. The Morgan fingerprint density at radius 2 is 1.87 bits per heavy atom. The van der Waals surface area contributed by atoms with E-state index in [1.54, 1.807) is 13.0 Å². The molecule has 0 heterocycles. The van der Waals surface area contributed by atoms with E-state index >= 15 is 0 Å². The predicted molar refractivity (Wildman–Crippen MR) is 89.8 cm³/mol. The Kier molecular flexibility index (Phi) is 5.19. The fourth-order valence-electron chi connectivity index (χ4n) is 4.33. The summed E-state index contributed by atoms with van der Waals surface area (Å²) in [6.07, 6.45) is 3.32. The van der Waals surface area contributed by atoms with Crippen LogP contribution < -0.4 is 0 Å². The average Bonchev–Trinajstić information content (AvgIpc) is 2.42. The second-order valence-electron chi connectivity index (χ2n) is 7.95. The average molecular weight is 322 g/mol. The molecule has 4 nitrogen and oxygen atoms in total. The molecule has 0 aromatic rings. The molecule has 130 valence electrons. The topological polar surface area (TPSA) is 77.8 Å². The van der Waals surface area contributed by atoms with Gasteiger partial charge in [-0.1, -0.05) is 37.6 Å². The van der Waals surface area contributed by atoms with Gasteiger partial charge in [-0.3, -0.25) is 4.79 Å². The molecule has 2 aliphatic rings. The van der Waals surface area contributed by atoms with E-state index in [9.17, 15) is 20.1 Å². The number of hydrogen-bond donors (Lipinski definition) is 3. The Morgan fingerprint density at radius 3 is 2.52 bits per heavy atom. The van der Waals surface area contributed by atoms with Gasteiger partial charge in [-0.15, -0.1) is 0 Å². The lowest BCUT2D eigenvalue weighted by Crippen LogP contribution is -2.64. The highest BCUT2D eigenvalue weighted by atomic mass is 16.4. The van der Waals surface area contributed by atoms with Gasteiger partial charge in [-0.25, -0.2) is 0 Å². The minimum atomic E-state index is -1.74. The SMILES string of the molecule is C=C1CC[C@@H]2CC[C@@H](O)[C@@](O)(C(=O)C/C(C)=C\[C@@H](O)C1)C2(C)C. The molecule has 1 saturated carbocycles. The molecule has 2 bridgehead atoms. The van der Waals surface area contributed by atoms with E-state index in [-0.39, 0.29) is 18.1 Å². The maximum atomic E-state index is 12.8. The van der Waals surface area contributed by atoms with Crippen molar-refractivity contribution < 1.29 is 20.1 Å². The molecule has 1 fully saturated rings. The summed E-state index contributed by atoms with van der Waals surface area (Å²) in [4.78, 5) is 12.8. The Labute approximate surface area is 138 Å². The van der Waals surface area contributed by atoms with Crippen LogP contribution in [0, 0.1) is 11.3 Å². The maximum absolute atomic E-state index is 12.8. The minimum absolute atomic E-state index is 0.0489. The van der Waals surface area contributed by atoms with Gasteiger partial charge in [-0.2, -0.15) is 0 Å². The van der Waals surface area contributed by atoms with Gasteiger partial charge in [0.25, 0.3) is 0 Å². The van der Waals surface area contributed by atoms with E-state index in [0.29, 0.717) is 12.8 Å². The summed E-state index contributed by atoms with van der Waals surface area (Å²) in [5, 5.41) is 31.7. The molecule has 0 amide bonds. The summed E-state index contributed by atoms with van der Waals surface area (Å²) in [5.41, 5.74) is -0.732. The number of hydrogen-bond acceptors (Lipinski definition) is 4. The van der Waals surface area contributed by atoms with Crippen LogP contribution in [-0.2, 0) is 4.79 Å². The van der Waals surface area contributed by atoms with Crippen molar-refractivity contribution in [3.05, 3.63) is 23.8 Å². The standard InChI is InChI=1S/C19H30O4/c1-12-5-6-14-7-8-16(21)19(23,18(14,3)4)17(22)11-13(2)10-15(20)9-12/h10,14-16,20-21,23H,1,5-9,11H2,2-4H3/b13-10-/t14-,15+,16-,19-/m1/s1. The summed E-state index contributed by atoms with van der Waals surface area (Å²) < 4.78 is 0. The Morgan fingerprint density at radius 1 is 1.22 bits per heavy atom. The number of carbonyl (C=O) groups excluding carboxylic acids is 1. The minimum Gasteiger partial charge on any atom is -0.390 e. The summed E-state index contributed by atoms with van der Waals surface area (Å²) in [6.45, 7) is 9.61. The lowest BCUT2D eigenvalue weighted by molar-refractivity contribution is -0.198. The van der Waals surface area contributed by atoms with Crippen LogP contribution in [0.3, 0.4) is 0 Å². The van der Waals surface area contributed by atoms with E-state index in [2.05, 4.69) is 6.58 Å². The molecular weight excluding hydrogens is 292 g/mol. The monoisotopic (exact) mass is 322 g/mol. The number of Topliss-reactive ketones (excluding diaryl/α,β-unsaturated/α-hetero) is 1. The first-order valence-corrected chi connectivity index (χ1v) is 8.54. The van der Waals surface area contributed by atoms with Gasteiger partial charge in [0.15, 0.2) is 11.4 Å². The zero-order valence-corrected chi connectivity index (χ0v) is 14.5. The van der Waals surface area contributed by atoms with Gasteiger partial charge in [0.05, 0.1) is 12.2 Å². The molecule has 0 aromatic heterocycles. The van der Waals surface area contributed by atoms with Gasteiger partial charge in [0, 0.05) is 11.8 Å². The molecule has 2 aliphatic carbocycles. The third-order valence-electron chi connectivity index (χ3n) is 5.96. The summed E-state index contributed by atoms with van der Waals surface area (Å²) in [5.74, 6) is -0.211. The molecule has 0 aromatic carbocycles. The fraction of sp³-hybridized carbons (Fsp3) is 0.737. The van der Waals surface area contributed by atoms with E-state index in [1.165, 1.54) is 0 Å². The molecule has 3 N–H and O–H groups in total. The highest BCUT2D eigenvalue weighted by Gasteiger charge is 2.59. The van der Waals surface area contributed by atoms with Crippen molar-refractivity contribution in [1.82, 2.24) is 0 Å². The van der Waals surface area contributed by atoms with Crippen LogP contribution in [0.15, 0.2) is 23.8 Å². The number of aliphatic hydroxyl groups is 3. The van der Waals surface area contributed by atoms with E-state index in [4.69, 9.17) is 0 Å². The van der Waals surface area contributed by atoms with Crippen LogP contribution in [0.2, 0.25) is 0 Å². The normalized spacial score (nSPS) is 41.5. The second kappa shape index (κ2) is 6.50. The van der Waals surface area contributed by atoms with Crippen molar-refractivity contribution in [1.29, 1.82) is 0 Å². The molecule has 23 heavy (non-hydrogen) atoms. The third kappa shape index (κ3) is 3.30. The van der Waals surface area contributed by atoms with Gasteiger partial charge in [-0.05, 0) is 44.9 Å². The highest BCUT2D eigenvalue weighted by Crippen LogP contribution is 2.51. The van der Waals surface area contributed by atoms with Crippen LogP contribution in [0.25, 0.3) is 0 Å². The van der Waals surface area contributed by atoms with Crippen molar-refractivity contribution in [2.45, 2.75) is 77.1 Å². The molecule has 0 unspecified atom stereocenters. The second-order valence-corrected chi connectivity index (χ2v) is 7.95. The molecule has 2 rings (SSSR count). The van der Waals surface area contributed by atoms with Gasteiger partial charge in [0.1, 0.15) is 0 Å². The first-order valence-electron chi connectivity index (χ1n) is 8.54. The molecule has 0 saturated heterocycles. The van der Waals surface area contributed by atoms with E-state index < -0.39 is 23.2 Å². The van der Waals surface area contributed by atoms with Crippen LogP contribution in [0.4, 0.5) is 0 Å². The fourth-order valence-corrected chi connectivity index (χ4v) is 4.33. The van der Waals surface area contributed by atoms with Gasteiger partial charge < -0.3 is 15.3 Å². The third-order valence-corrected chi connectivity index (χ3v) is 5.96.